The highest BCUT2D eigenvalue weighted by molar-refractivity contribution is 5.79. The Morgan fingerprint density at radius 1 is 1.32 bits per heavy atom. The van der Waals surface area contributed by atoms with E-state index < -0.39 is 0 Å². The molecule has 0 aliphatic heterocycles. The van der Waals surface area contributed by atoms with Crippen LogP contribution in [0.1, 0.15) is 32.3 Å². The van der Waals surface area contributed by atoms with Gasteiger partial charge < -0.3 is 15.0 Å². The Hall–Kier alpha value is -1.55. The van der Waals surface area contributed by atoms with Gasteiger partial charge in [0.2, 0.25) is 0 Å². The number of nitrogens with zero attached hydrogens (tertiary/aromatic N) is 2. The summed E-state index contributed by atoms with van der Waals surface area (Å²) >= 11 is 0. The molecule has 0 bridgehead atoms. The van der Waals surface area contributed by atoms with Gasteiger partial charge in [-0.3, -0.25) is 4.99 Å². The average molecular weight is 305 g/mol. The molecule has 1 N–H and O–H groups in total. The Kier molecular flexibility index (Phi) is 9.31. The summed E-state index contributed by atoms with van der Waals surface area (Å²) in [7, 11) is 3.92. The number of guanidine groups is 1. The molecule has 0 spiro atoms. The summed E-state index contributed by atoms with van der Waals surface area (Å²) in [6, 6.07) is 10.3. The molecule has 0 aromatic heterocycles. The Morgan fingerprint density at radius 3 is 2.68 bits per heavy atom. The summed E-state index contributed by atoms with van der Waals surface area (Å²) in [5.41, 5.74) is 1.22. The maximum absolute atomic E-state index is 5.78. The third kappa shape index (κ3) is 7.46. The fourth-order valence-corrected chi connectivity index (χ4v) is 2.16. The van der Waals surface area contributed by atoms with E-state index in [1.165, 1.54) is 18.4 Å². The molecule has 22 heavy (non-hydrogen) atoms. The zero-order valence-electron chi connectivity index (χ0n) is 14.5. The number of unbranched alkanes of at least 4 members (excludes halogenated alkanes) is 1. The normalized spacial score (nSPS) is 13.0. The molecule has 4 heteroatoms. The number of hydrogen-bond donors (Lipinski definition) is 1. The second kappa shape index (κ2) is 11.1. The molecule has 0 aliphatic rings. The largest absolute Gasteiger partial charge is 0.376 e. The number of aliphatic imine (C=N–C) groups is 1. The summed E-state index contributed by atoms with van der Waals surface area (Å²) in [5.74, 6) is 1.41. The molecule has 0 heterocycles. The second-order valence-electron chi connectivity index (χ2n) is 5.81. The Balaban J connectivity index is 2.22. The van der Waals surface area contributed by atoms with Crippen molar-refractivity contribution in [1.29, 1.82) is 0 Å². The molecule has 0 saturated carbocycles. The van der Waals surface area contributed by atoms with Crippen molar-refractivity contribution in [2.45, 2.75) is 33.3 Å². The van der Waals surface area contributed by atoms with Crippen LogP contribution in [0, 0.1) is 5.92 Å². The monoisotopic (exact) mass is 305 g/mol. The summed E-state index contributed by atoms with van der Waals surface area (Å²) in [4.78, 5) is 6.51. The van der Waals surface area contributed by atoms with Gasteiger partial charge in [0.25, 0.3) is 0 Å². The number of rotatable bonds is 9. The van der Waals surface area contributed by atoms with Crippen LogP contribution in [0.3, 0.4) is 0 Å². The van der Waals surface area contributed by atoms with Crippen LogP contribution in [-0.2, 0) is 11.3 Å². The fourth-order valence-electron chi connectivity index (χ4n) is 2.16. The molecule has 1 aromatic rings. The number of nitrogens with one attached hydrogen (secondary N) is 1. The minimum absolute atomic E-state index is 0.444. The topological polar surface area (TPSA) is 36.9 Å². The van der Waals surface area contributed by atoms with E-state index in [1.54, 1.807) is 0 Å². The van der Waals surface area contributed by atoms with E-state index in [4.69, 9.17) is 4.74 Å². The zero-order chi connectivity index (χ0) is 16.2. The molecule has 1 atom stereocenters. The highest BCUT2D eigenvalue weighted by atomic mass is 16.5. The van der Waals surface area contributed by atoms with Crippen LogP contribution >= 0.6 is 0 Å². The lowest BCUT2D eigenvalue weighted by Gasteiger charge is -2.23. The van der Waals surface area contributed by atoms with Crippen LogP contribution in [0.4, 0.5) is 0 Å². The van der Waals surface area contributed by atoms with Crippen molar-refractivity contribution in [3.8, 4) is 0 Å². The predicted octanol–water partition coefficient (Wildman–Crippen LogP) is 3.15. The van der Waals surface area contributed by atoms with Crippen molar-refractivity contribution in [3.63, 3.8) is 0 Å². The van der Waals surface area contributed by atoms with Gasteiger partial charge in [-0.25, -0.2) is 0 Å². The minimum Gasteiger partial charge on any atom is -0.376 e. The summed E-state index contributed by atoms with van der Waals surface area (Å²) in [6.45, 7) is 7.73. The SMILES string of the molecule is CCCCN(C)C(=NC)NCC(C)COCc1ccccc1. The van der Waals surface area contributed by atoms with Gasteiger partial charge in [0, 0.05) is 27.2 Å². The highest BCUT2D eigenvalue weighted by Crippen LogP contribution is 2.03. The van der Waals surface area contributed by atoms with Crippen LogP contribution in [0.25, 0.3) is 0 Å². The molecule has 1 rings (SSSR count). The van der Waals surface area contributed by atoms with Gasteiger partial charge in [0.15, 0.2) is 5.96 Å². The summed E-state index contributed by atoms with van der Waals surface area (Å²) in [5, 5.41) is 3.42. The van der Waals surface area contributed by atoms with Gasteiger partial charge in [-0.05, 0) is 17.9 Å². The molecular formula is C18H31N3O. The van der Waals surface area contributed by atoms with E-state index >= 15 is 0 Å². The molecule has 1 unspecified atom stereocenters. The van der Waals surface area contributed by atoms with Crippen LogP contribution in [0.2, 0.25) is 0 Å². The Bertz CT molecular complexity index is 420. The number of ether oxygens (including phenoxy) is 1. The third-order valence-corrected chi connectivity index (χ3v) is 3.54. The lowest BCUT2D eigenvalue weighted by atomic mass is 10.2. The maximum atomic E-state index is 5.78. The van der Waals surface area contributed by atoms with E-state index in [9.17, 15) is 0 Å². The maximum Gasteiger partial charge on any atom is 0.193 e. The van der Waals surface area contributed by atoms with Gasteiger partial charge >= 0.3 is 0 Å². The van der Waals surface area contributed by atoms with Crippen molar-refractivity contribution in [3.05, 3.63) is 35.9 Å². The quantitative estimate of drug-likeness (QED) is 0.562. The predicted molar refractivity (Wildman–Crippen MR) is 94.2 cm³/mol. The lowest BCUT2D eigenvalue weighted by Crippen LogP contribution is -2.41. The standard InChI is InChI=1S/C18H31N3O/c1-5-6-12-21(4)18(19-3)20-13-16(2)14-22-15-17-10-8-7-9-11-17/h7-11,16H,5-6,12-15H2,1-4H3,(H,19,20). The third-order valence-electron chi connectivity index (χ3n) is 3.54. The van der Waals surface area contributed by atoms with Gasteiger partial charge in [-0.15, -0.1) is 0 Å². The molecule has 124 valence electrons. The molecular weight excluding hydrogens is 274 g/mol. The van der Waals surface area contributed by atoms with E-state index in [0.29, 0.717) is 12.5 Å². The van der Waals surface area contributed by atoms with Gasteiger partial charge in [-0.2, -0.15) is 0 Å². The van der Waals surface area contributed by atoms with Crippen molar-refractivity contribution >= 4 is 5.96 Å². The van der Waals surface area contributed by atoms with Crippen molar-refractivity contribution in [1.82, 2.24) is 10.2 Å². The van der Waals surface area contributed by atoms with Crippen molar-refractivity contribution in [2.75, 3.05) is 33.8 Å². The number of benzene rings is 1. The molecule has 0 amide bonds. The first kappa shape index (κ1) is 18.5. The van der Waals surface area contributed by atoms with Crippen molar-refractivity contribution in [2.24, 2.45) is 10.9 Å². The Labute approximate surface area is 135 Å². The summed E-state index contributed by atoms with van der Waals surface area (Å²) in [6.07, 6.45) is 2.39. The summed E-state index contributed by atoms with van der Waals surface area (Å²) < 4.78 is 5.78. The van der Waals surface area contributed by atoms with Crippen LogP contribution in [0.15, 0.2) is 35.3 Å². The van der Waals surface area contributed by atoms with E-state index in [1.807, 2.05) is 25.2 Å². The minimum atomic E-state index is 0.444. The fraction of sp³-hybridized carbons (Fsp3) is 0.611. The average Bonchev–Trinajstić information content (AvgIpc) is 2.54. The molecule has 4 nitrogen and oxygen atoms in total. The first-order valence-electron chi connectivity index (χ1n) is 8.20. The smallest absolute Gasteiger partial charge is 0.193 e. The van der Waals surface area contributed by atoms with Crippen LogP contribution in [-0.4, -0.2) is 44.7 Å². The molecule has 0 radical (unpaired) electrons. The van der Waals surface area contributed by atoms with E-state index in [0.717, 1.165) is 25.7 Å². The lowest BCUT2D eigenvalue weighted by molar-refractivity contribution is 0.0929. The number of hydrogen-bond acceptors (Lipinski definition) is 2. The van der Waals surface area contributed by atoms with Crippen molar-refractivity contribution < 1.29 is 4.74 Å². The van der Waals surface area contributed by atoms with Gasteiger partial charge in [-0.1, -0.05) is 50.6 Å². The Morgan fingerprint density at radius 2 is 2.05 bits per heavy atom. The van der Waals surface area contributed by atoms with Crippen LogP contribution in [0.5, 0.6) is 0 Å². The first-order valence-corrected chi connectivity index (χ1v) is 8.20. The molecule has 1 aromatic carbocycles. The van der Waals surface area contributed by atoms with Crippen LogP contribution < -0.4 is 5.32 Å². The van der Waals surface area contributed by atoms with E-state index in [2.05, 4.69) is 48.2 Å². The molecule has 0 aliphatic carbocycles. The van der Waals surface area contributed by atoms with Gasteiger partial charge in [0.1, 0.15) is 0 Å². The molecule has 0 saturated heterocycles. The molecule has 0 fully saturated rings. The highest BCUT2D eigenvalue weighted by Gasteiger charge is 2.08. The van der Waals surface area contributed by atoms with E-state index in [-0.39, 0.29) is 0 Å². The van der Waals surface area contributed by atoms with Gasteiger partial charge in [0.05, 0.1) is 13.2 Å². The zero-order valence-corrected chi connectivity index (χ0v) is 14.5. The second-order valence-corrected chi connectivity index (χ2v) is 5.81. The first-order chi connectivity index (χ1) is 10.7.